The third-order valence-electron chi connectivity index (χ3n) is 12.3. The van der Waals surface area contributed by atoms with E-state index in [4.69, 9.17) is 4.99 Å². The van der Waals surface area contributed by atoms with Crippen LogP contribution in [0.5, 0.6) is 0 Å². The van der Waals surface area contributed by atoms with Crippen LogP contribution >= 0.6 is 0 Å². The first-order chi connectivity index (χ1) is 22.8. The number of para-hydroxylation sites is 3. The first-order valence-electron chi connectivity index (χ1n) is 17.2. The maximum atomic E-state index is 5.41. The molecule has 0 atom stereocenters. The largest absolute Gasteiger partial charge is 0.327 e. The summed E-state index contributed by atoms with van der Waals surface area (Å²) >= 11 is 0. The predicted octanol–water partition coefficient (Wildman–Crippen LogP) is 10.5. The zero-order chi connectivity index (χ0) is 33.4. The van der Waals surface area contributed by atoms with Gasteiger partial charge in [-0.1, -0.05) is 60.7 Å². The molecule has 240 valence electrons. The fourth-order valence-electron chi connectivity index (χ4n) is 8.64. The molecule has 2 aromatic heterocycles. The second-order valence-corrected chi connectivity index (χ2v) is 15.8. The fraction of sp³-hybridized carbons (Fsp3) is 0.279. The molecule has 0 unspecified atom stereocenters. The molecule has 7 aromatic rings. The van der Waals surface area contributed by atoms with E-state index in [1.165, 1.54) is 49.3 Å². The molecular formula is C43H43N5. The number of benzene rings is 5. The molecule has 4 heterocycles. The second-order valence-electron chi connectivity index (χ2n) is 15.8. The molecule has 0 saturated carbocycles. The van der Waals surface area contributed by atoms with Gasteiger partial charge in [-0.2, -0.15) is 0 Å². The maximum Gasteiger partial charge on any atom is 0.203 e. The van der Waals surface area contributed by atoms with Crippen LogP contribution in [0, 0.1) is 0 Å². The van der Waals surface area contributed by atoms with Crippen LogP contribution in [0.1, 0.15) is 55.4 Å². The molecule has 0 N–H and O–H groups in total. The number of anilines is 1. The number of aromatic nitrogens is 2. The summed E-state index contributed by atoms with van der Waals surface area (Å²) < 4.78 is 4.84. The van der Waals surface area contributed by atoms with Crippen molar-refractivity contribution < 1.29 is 0 Å². The minimum absolute atomic E-state index is 0.129. The van der Waals surface area contributed by atoms with Gasteiger partial charge in [0, 0.05) is 38.6 Å². The zero-order valence-corrected chi connectivity index (χ0v) is 29.2. The Morgan fingerprint density at radius 3 is 1.48 bits per heavy atom. The summed E-state index contributed by atoms with van der Waals surface area (Å²) in [7, 11) is 0. The Morgan fingerprint density at radius 2 is 0.896 bits per heavy atom. The summed E-state index contributed by atoms with van der Waals surface area (Å²) in [6.45, 7) is 18.7. The van der Waals surface area contributed by atoms with Crippen LogP contribution < -0.4 is 4.90 Å². The van der Waals surface area contributed by atoms with Crippen molar-refractivity contribution in [2.45, 2.75) is 77.5 Å². The van der Waals surface area contributed by atoms with Crippen molar-refractivity contribution >= 4 is 55.3 Å². The molecule has 0 radical (unpaired) electrons. The van der Waals surface area contributed by atoms with Crippen molar-refractivity contribution in [2.75, 3.05) is 4.90 Å². The lowest BCUT2D eigenvalue weighted by Crippen LogP contribution is -2.62. The Hall–Kier alpha value is -5.03. The highest BCUT2D eigenvalue weighted by Gasteiger charge is 2.65. The monoisotopic (exact) mass is 629 g/mol. The van der Waals surface area contributed by atoms with E-state index < -0.39 is 0 Å². The highest BCUT2D eigenvalue weighted by atomic mass is 15.6. The van der Waals surface area contributed by atoms with E-state index in [0.29, 0.717) is 0 Å². The van der Waals surface area contributed by atoms with Gasteiger partial charge in [0.1, 0.15) is 0 Å². The van der Waals surface area contributed by atoms with Crippen LogP contribution in [0.4, 0.5) is 5.69 Å². The summed E-state index contributed by atoms with van der Waals surface area (Å²) in [5.74, 6) is 1.06. The van der Waals surface area contributed by atoms with E-state index in [2.05, 4.69) is 190 Å². The summed E-state index contributed by atoms with van der Waals surface area (Å²) in [5, 5.41) is 5.04. The van der Waals surface area contributed by atoms with E-state index in [0.717, 1.165) is 17.3 Å². The number of hydrogen-bond acceptors (Lipinski definition) is 3. The number of guanidine groups is 1. The minimum Gasteiger partial charge on any atom is -0.327 e. The van der Waals surface area contributed by atoms with Crippen LogP contribution in [0.3, 0.4) is 0 Å². The lowest BCUT2D eigenvalue weighted by molar-refractivity contribution is 0.0529. The molecule has 5 aromatic carbocycles. The van der Waals surface area contributed by atoms with Crippen LogP contribution in [0.25, 0.3) is 55.0 Å². The van der Waals surface area contributed by atoms with Crippen LogP contribution in [0.2, 0.25) is 0 Å². The molecule has 0 amide bonds. The Labute approximate surface area is 282 Å². The van der Waals surface area contributed by atoms with Crippen molar-refractivity contribution in [3.63, 3.8) is 0 Å². The molecule has 5 nitrogen and oxygen atoms in total. The van der Waals surface area contributed by atoms with Crippen molar-refractivity contribution in [2.24, 2.45) is 4.99 Å². The molecular weight excluding hydrogens is 587 g/mol. The predicted molar refractivity (Wildman–Crippen MR) is 203 cm³/mol. The smallest absolute Gasteiger partial charge is 0.203 e. The van der Waals surface area contributed by atoms with E-state index in [1.807, 2.05) is 0 Å². The maximum absolute atomic E-state index is 5.41. The molecule has 1 fully saturated rings. The van der Waals surface area contributed by atoms with Gasteiger partial charge >= 0.3 is 0 Å². The quantitative estimate of drug-likeness (QED) is 0.195. The van der Waals surface area contributed by atoms with E-state index >= 15 is 0 Å². The standard InChI is InChI=1S/C43H43N5/c1-40(2)41(3,4)48-39(44-40)47(42(5,6)43(48,7)8)30-17-15-16-28(26-30)45-37-23-14-11-20-33(37)34-27-29(24-25-38(34)45)46-35-21-12-9-18-31(35)32-19-10-13-22-36(32)46/h9-27H,1-8H3. The fourth-order valence-corrected chi connectivity index (χ4v) is 8.64. The van der Waals surface area contributed by atoms with Crippen LogP contribution in [0.15, 0.2) is 120 Å². The molecule has 0 bridgehead atoms. The third-order valence-corrected chi connectivity index (χ3v) is 12.3. The van der Waals surface area contributed by atoms with Crippen molar-refractivity contribution in [3.05, 3.63) is 115 Å². The minimum atomic E-state index is -0.215. The molecule has 2 aliphatic heterocycles. The Bertz CT molecular complexity index is 2430. The summed E-state index contributed by atoms with van der Waals surface area (Å²) in [6.07, 6.45) is 0. The topological polar surface area (TPSA) is 28.7 Å². The van der Waals surface area contributed by atoms with Crippen molar-refractivity contribution in [1.29, 1.82) is 0 Å². The van der Waals surface area contributed by atoms with Gasteiger partial charge in [-0.15, -0.1) is 0 Å². The van der Waals surface area contributed by atoms with Gasteiger partial charge in [-0.25, -0.2) is 4.99 Å². The van der Waals surface area contributed by atoms with Gasteiger partial charge < -0.3 is 18.9 Å². The van der Waals surface area contributed by atoms with Crippen LogP contribution in [-0.2, 0) is 0 Å². The SMILES string of the molecule is CC1(C)N=C2N(c3cccc(-n4c5ccccc5c5cc(-n6c7ccccc7c7ccccc76)ccc54)c3)C(C)(C)C(C)(C)N2C1(C)C. The molecule has 48 heavy (non-hydrogen) atoms. The van der Waals surface area contributed by atoms with Crippen molar-refractivity contribution in [3.8, 4) is 11.4 Å². The molecule has 9 rings (SSSR count). The third kappa shape index (κ3) is 3.54. The molecule has 0 aliphatic carbocycles. The Morgan fingerprint density at radius 1 is 0.417 bits per heavy atom. The van der Waals surface area contributed by atoms with Gasteiger partial charge in [0.15, 0.2) is 0 Å². The number of fused-ring (bicyclic) bond motifs is 7. The summed E-state index contributed by atoms with van der Waals surface area (Å²) in [6, 6.07) is 42.3. The van der Waals surface area contributed by atoms with Crippen LogP contribution in [-0.4, -0.2) is 42.1 Å². The number of hydrogen-bond donors (Lipinski definition) is 0. The lowest BCUT2D eigenvalue weighted by Gasteiger charge is -2.50. The highest BCUT2D eigenvalue weighted by molar-refractivity contribution is 6.12. The first-order valence-corrected chi connectivity index (χ1v) is 17.2. The first kappa shape index (κ1) is 29.1. The molecule has 2 aliphatic rings. The highest BCUT2D eigenvalue weighted by Crippen LogP contribution is 2.54. The zero-order valence-electron chi connectivity index (χ0n) is 29.2. The Balaban J connectivity index is 1.24. The van der Waals surface area contributed by atoms with Crippen molar-refractivity contribution in [1.82, 2.24) is 14.0 Å². The summed E-state index contributed by atoms with van der Waals surface area (Å²) in [5.41, 5.74) is 7.63. The average Bonchev–Trinajstić information content (AvgIpc) is 3.67. The van der Waals surface area contributed by atoms with Gasteiger partial charge in [-0.05, 0) is 110 Å². The lowest BCUT2D eigenvalue weighted by atomic mass is 9.76. The average molecular weight is 630 g/mol. The van der Waals surface area contributed by atoms with E-state index in [-0.39, 0.29) is 22.2 Å². The second kappa shape index (κ2) is 9.31. The van der Waals surface area contributed by atoms with Gasteiger partial charge in [0.2, 0.25) is 5.96 Å². The number of rotatable bonds is 3. The number of aliphatic imine (C=N–C) groups is 1. The van der Waals surface area contributed by atoms with Gasteiger partial charge in [-0.3, -0.25) is 0 Å². The van der Waals surface area contributed by atoms with Gasteiger partial charge in [0.05, 0.1) is 44.2 Å². The number of nitrogens with zero attached hydrogens (tertiary/aromatic N) is 5. The van der Waals surface area contributed by atoms with Gasteiger partial charge in [0.25, 0.3) is 0 Å². The van der Waals surface area contributed by atoms with E-state index in [9.17, 15) is 0 Å². The summed E-state index contributed by atoms with van der Waals surface area (Å²) in [4.78, 5) is 10.5. The molecule has 0 spiro atoms. The Kier molecular flexibility index (Phi) is 5.65. The molecule has 1 saturated heterocycles. The normalized spacial score (nSPS) is 19.1. The van der Waals surface area contributed by atoms with E-state index in [1.54, 1.807) is 0 Å². The molecule has 5 heteroatoms.